The molecule has 0 heterocycles. The van der Waals surface area contributed by atoms with Crippen molar-refractivity contribution in [1.29, 1.82) is 0 Å². The highest BCUT2D eigenvalue weighted by molar-refractivity contribution is 5.71. The first-order chi connectivity index (χ1) is 26.7. The molecule has 0 aliphatic rings. The molecule has 0 N–H and O–H groups in total. The fourth-order valence-corrected chi connectivity index (χ4v) is 7.28. The van der Waals surface area contributed by atoms with Crippen molar-refractivity contribution in [2.24, 2.45) is 11.8 Å². The lowest BCUT2D eigenvalue weighted by atomic mass is 10.0. The van der Waals surface area contributed by atoms with Crippen LogP contribution in [-0.2, 0) is 28.6 Å². The number of rotatable bonds is 43. The van der Waals surface area contributed by atoms with Gasteiger partial charge in [-0.3, -0.25) is 14.4 Å². The molecule has 0 saturated heterocycles. The van der Waals surface area contributed by atoms with Gasteiger partial charge in [0.1, 0.15) is 13.2 Å². The zero-order valence-corrected chi connectivity index (χ0v) is 37.6. The van der Waals surface area contributed by atoms with Crippen LogP contribution in [0, 0.1) is 11.8 Å². The van der Waals surface area contributed by atoms with E-state index in [1.165, 1.54) is 154 Å². The van der Waals surface area contributed by atoms with Crippen molar-refractivity contribution in [2.75, 3.05) is 13.2 Å². The third-order valence-corrected chi connectivity index (χ3v) is 11.0. The van der Waals surface area contributed by atoms with E-state index in [9.17, 15) is 14.4 Å². The van der Waals surface area contributed by atoms with Crippen molar-refractivity contribution < 1.29 is 28.6 Å². The first-order valence-electron chi connectivity index (χ1n) is 24.2. The maximum absolute atomic E-state index is 12.7. The minimum atomic E-state index is -0.761. The maximum atomic E-state index is 12.7. The van der Waals surface area contributed by atoms with Gasteiger partial charge in [-0.05, 0) is 31.1 Å². The third kappa shape index (κ3) is 43.4. The van der Waals surface area contributed by atoms with Crippen LogP contribution in [0.2, 0.25) is 0 Å². The summed E-state index contributed by atoms with van der Waals surface area (Å²) in [6.07, 6.45) is 40.9. The minimum Gasteiger partial charge on any atom is -0.462 e. The Labute approximate surface area is 342 Å². The Morgan fingerprint density at radius 1 is 0.345 bits per heavy atom. The molecular weight excluding hydrogens is 685 g/mol. The lowest BCUT2D eigenvalue weighted by molar-refractivity contribution is -0.167. The van der Waals surface area contributed by atoms with E-state index in [0.29, 0.717) is 19.3 Å². The molecule has 326 valence electrons. The Bertz CT molecular complexity index is 839. The molecule has 0 amide bonds. The van der Waals surface area contributed by atoms with E-state index in [-0.39, 0.29) is 31.1 Å². The molecule has 0 aliphatic carbocycles. The van der Waals surface area contributed by atoms with E-state index < -0.39 is 6.10 Å². The third-order valence-electron chi connectivity index (χ3n) is 11.0. The summed E-state index contributed by atoms with van der Waals surface area (Å²) in [5.74, 6) is 0.751. The molecule has 0 aliphatic heterocycles. The number of unbranched alkanes of at least 4 members (excludes halogenated alkanes) is 28. The van der Waals surface area contributed by atoms with Gasteiger partial charge in [0.05, 0.1) is 0 Å². The minimum absolute atomic E-state index is 0.0646. The van der Waals surface area contributed by atoms with Crippen molar-refractivity contribution in [3.8, 4) is 0 Å². The Morgan fingerprint density at radius 3 is 0.891 bits per heavy atom. The first-order valence-corrected chi connectivity index (χ1v) is 24.2. The number of carbonyl (C=O) groups excluding carboxylic acids is 3. The number of hydrogen-bond donors (Lipinski definition) is 0. The van der Waals surface area contributed by atoms with Crippen LogP contribution in [0.25, 0.3) is 0 Å². The second-order valence-corrected chi connectivity index (χ2v) is 17.7. The highest BCUT2D eigenvalue weighted by atomic mass is 16.6. The Hall–Kier alpha value is -1.59. The van der Waals surface area contributed by atoms with Gasteiger partial charge in [-0.25, -0.2) is 0 Å². The molecule has 0 fully saturated rings. The van der Waals surface area contributed by atoms with Gasteiger partial charge in [0.2, 0.25) is 0 Å². The fourth-order valence-electron chi connectivity index (χ4n) is 7.28. The topological polar surface area (TPSA) is 78.9 Å². The molecule has 6 heteroatoms. The molecule has 6 nitrogen and oxygen atoms in total. The zero-order valence-electron chi connectivity index (χ0n) is 37.6. The van der Waals surface area contributed by atoms with Crippen molar-refractivity contribution in [2.45, 2.75) is 272 Å². The highest BCUT2D eigenvalue weighted by Gasteiger charge is 2.19. The van der Waals surface area contributed by atoms with E-state index in [1.807, 2.05) is 0 Å². The molecule has 55 heavy (non-hydrogen) atoms. The van der Waals surface area contributed by atoms with Gasteiger partial charge in [0.25, 0.3) is 0 Å². The summed E-state index contributed by atoms with van der Waals surface area (Å²) in [4.78, 5) is 37.8. The molecular formula is C49H94O6. The molecule has 0 rings (SSSR count). The Morgan fingerprint density at radius 2 is 0.600 bits per heavy atom. The number of carbonyl (C=O) groups is 3. The second kappa shape index (κ2) is 42.0. The monoisotopic (exact) mass is 779 g/mol. The zero-order chi connectivity index (χ0) is 40.5. The summed E-state index contributed by atoms with van der Waals surface area (Å²) < 4.78 is 16.7. The van der Waals surface area contributed by atoms with Crippen LogP contribution in [0.15, 0.2) is 0 Å². The van der Waals surface area contributed by atoms with Crippen LogP contribution in [0.4, 0.5) is 0 Å². The molecule has 0 radical (unpaired) electrons. The van der Waals surface area contributed by atoms with Crippen LogP contribution >= 0.6 is 0 Å². The lowest BCUT2D eigenvalue weighted by Crippen LogP contribution is -2.30. The van der Waals surface area contributed by atoms with Gasteiger partial charge in [0.15, 0.2) is 6.10 Å². The quantitative estimate of drug-likeness (QED) is 0.0348. The van der Waals surface area contributed by atoms with Gasteiger partial charge in [-0.1, -0.05) is 227 Å². The van der Waals surface area contributed by atoms with Gasteiger partial charge < -0.3 is 14.2 Å². The van der Waals surface area contributed by atoms with Crippen LogP contribution in [0.5, 0.6) is 0 Å². The standard InChI is InChI=1S/C49H94O6/c1-6-7-8-9-10-11-12-13-16-19-24-29-34-39-47(50)53-42-46(43-54-48(51)40-35-30-26-21-23-28-33-38-45(4)5)55-49(52)41-36-31-25-20-17-14-15-18-22-27-32-37-44(2)3/h44-46H,6-43H2,1-5H3/t46-/m0/s1. The van der Waals surface area contributed by atoms with Gasteiger partial charge in [-0.2, -0.15) is 0 Å². The Balaban J connectivity index is 4.32. The summed E-state index contributed by atoms with van der Waals surface area (Å²) in [5.41, 5.74) is 0. The van der Waals surface area contributed by atoms with Crippen LogP contribution in [-0.4, -0.2) is 37.2 Å². The van der Waals surface area contributed by atoms with Gasteiger partial charge >= 0.3 is 17.9 Å². The van der Waals surface area contributed by atoms with E-state index in [1.54, 1.807) is 0 Å². The molecule has 0 aromatic carbocycles. The normalized spacial score (nSPS) is 12.1. The SMILES string of the molecule is CCCCCCCCCCCCCCCC(=O)OC[C@@H](COC(=O)CCCCCCCCCC(C)C)OC(=O)CCCCCCCCCCCCCC(C)C. The van der Waals surface area contributed by atoms with E-state index in [2.05, 4.69) is 34.6 Å². The molecule has 0 unspecified atom stereocenters. The van der Waals surface area contributed by atoms with Gasteiger partial charge in [-0.15, -0.1) is 0 Å². The molecule has 1 atom stereocenters. The summed E-state index contributed by atoms with van der Waals surface area (Å²) in [5, 5.41) is 0. The Kier molecular flexibility index (Phi) is 40.8. The predicted molar refractivity (Wildman–Crippen MR) is 233 cm³/mol. The van der Waals surface area contributed by atoms with Crippen LogP contribution < -0.4 is 0 Å². The number of hydrogen-bond acceptors (Lipinski definition) is 6. The van der Waals surface area contributed by atoms with E-state index in [4.69, 9.17) is 14.2 Å². The second-order valence-electron chi connectivity index (χ2n) is 17.7. The van der Waals surface area contributed by atoms with Crippen molar-refractivity contribution >= 4 is 17.9 Å². The maximum Gasteiger partial charge on any atom is 0.306 e. The average Bonchev–Trinajstić information content (AvgIpc) is 3.15. The van der Waals surface area contributed by atoms with Crippen molar-refractivity contribution in [3.63, 3.8) is 0 Å². The summed E-state index contributed by atoms with van der Waals surface area (Å²) in [6, 6.07) is 0. The van der Waals surface area contributed by atoms with Crippen LogP contribution in [0.1, 0.15) is 266 Å². The average molecular weight is 779 g/mol. The summed E-state index contributed by atoms with van der Waals surface area (Å²) >= 11 is 0. The van der Waals surface area contributed by atoms with Crippen molar-refractivity contribution in [3.05, 3.63) is 0 Å². The smallest absolute Gasteiger partial charge is 0.306 e. The predicted octanol–water partition coefficient (Wildman–Crippen LogP) is 15.4. The van der Waals surface area contributed by atoms with Crippen LogP contribution in [0.3, 0.4) is 0 Å². The molecule has 0 aromatic heterocycles. The van der Waals surface area contributed by atoms with E-state index >= 15 is 0 Å². The molecule has 0 bridgehead atoms. The fraction of sp³-hybridized carbons (Fsp3) is 0.939. The summed E-state index contributed by atoms with van der Waals surface area (Å²) in [7, 11) is 0. The number of ether oxygens (including phenoxy) is 3. The first kappa shape index (κ1) is 53.4. The van der Waals surface area contributed by atoms with Gasteiger partial charge in [0, 0.05) is 19.3 Å². The molecule has 0 aromatic rings. The van der Waals surface area contributed by atoms with E-state index in [0.717, 1.165) is 69.6 Å². The number of esters is 3. The largest absolute Gasteiger partial charge is 0.462 e. The highest BCUT2D eigenvalue weighted by Crippen LogP contribution is 2.17. The molecule has 0 spiro atoms. The molecule has 0 saturated carbocycles. The van der Waals surface area contributed by atoms with Crippen molar-refractivity contribution in [1.82, 2.24) is 0 Å². The summed E-state index contributed by atoms with van der Waals surface area (Å²) in [6.45, 7) is 11.3. The lowest BCUT2D eigenvalue weighted by Gasteiger charge is -2.18.